The number of pyridine rings is 1. The molecule has 0 atom stereocenters. The standard InChI is InChI=1S/C29H34FN5/c1-5-34-12-14-35(15-13-34)22-9-6-20(7-10-22)24-17-25(28(31)33-27(24)30)21-8-11-23-19(2)32-18-29(3,4)26(23)16-21/h6-11,16-17,32H,2,5,12-15,18H2,1,3-4H3,(H2,31,33). The first kappa shape index (κ1) is 23.4. The number of benzene rings is 2. The zero-order valence-corrected chi connectivity index (χ0v) is 20.9. The Morgan fingerprint density at radius 3 is 2.34 bits per heavy atom. The SMILES string of the molecule is C=C1NCC(C)(C)c2cc(-c3cc(-c4ccc(N5CCN(CC)CC5)cc4)c(F)nc3N)ccc21. The van der Waals surface area contributed by atoms with E-state index in [0.717, 1.165) is 67.2 Å². The quantitative estimate of drug-likeness (QED) is 0.517. The number of halogens is 1. The zero-order valence-electron chi connectivity index (χ0n) is 20.9. The van der Waals surface area contributed by atoms with Gasteiger partial charge in [-0.25, -0.2) is 4.98 Å². The summed E-state index contributed by atoms with van der Waals surface area (Å²) < 4.78 is 15.0. The van der Waals surface area contributed by atoms with Crippen molar-refractivity contribution < 1.29 is 4.39 Å². The van der Waals surface area contributed by atoms with Gasteiger partial charge in [-0.15, -0.1) is 0 Å². The summed E-state index contributed by atoms with van der Waals surface area (Å²) in [6.45, 7) is 16.8. The van der Waals surface area contributed by atoms with Crippen LogP contribution in [-0.2, 0) is 5.41 Å². The largest absolute Gasteiger partial charge is 0.384 e. The summed E-state index contributed by atoms with van der Waals surface area (Å²) >= 11 is 0. The number of hydrogen-bond donors (Lipinski definition) is 2. The number of likely N-dealkylation sites (N-methyl/N-ethyl adjacent to an activating group) is 1. The van der Waals surface area contributed by atoms with Crippen molar-refractivity contribution in [1.29, 1.82) is 0 Å². The third kappa shape index (κ3) is 4.39. The summed E-state index contributed by atoms with van der Waals surface area (Å²) in [6.07, 6.45) is 0. The summed E-state index contributed by atoms with van der Waals surface area (Å²) in [4.78, 5) is 8.92. The average molecular weight is 472 g/mol. The van der Waals surface area contributed by atoms with Crippen LogP contribution in [0.5, 0.6) is 0 Å². The molecule has 5 rings (SSSR count). The Labute approximate surface area is 207 Å². The summed E-state index contributed by atoms with van der Waals surface area (Å²) in [5.41, 5.74) is 13.5. The molecule has 0 amide bonds. The van der Waals surface area contributed by atoms with Gasteiger partial charge < -0.3 is 20.9 Å². The van der Waals surface area contributed by atoms with E-state index < -0.39 is 5.95 Å². The fourth-order valence-electron chi connectivity index (χ4n) is 5.16. The molecule has 3 aromatic rings. The number of nitrogens with one attached hydrogen (secondary N) is 1. The number of nitrogen functional groups attached to an aromatic ring is 1. The second-order valence-corrected chi connectivity index (χ2v) is 10.2. The molecular formula is C29H34FN5. The van der Waals surface area contributed by atoms with Crippen molar-refractivity contribution in [1.82, 2.24) is 15.2 Å². The lowest BCUT2D eigenvalue weighted by molar-refractivity contribution is 0.271. The predicted octanol–water partition coefficient (Wildman–Crippen LogP) is 5.13. The fraction of sp³-hybridized carbons (Fsp3) is 0.345. The molecule has 2 aliphatic rings. The highest BCUT2D eigenvalue weighted by Crippen LogP contribution is 2.38. The molecule has 0 spiro atoms. The molecule has 1 fully saturated rings. The third-order valence-electron chi connectivity index (χ3n) is 7.50. The normalized spacial score (nSPS) is 17.7. The van der Waals surface area contributed by atoms with Gasteiger partial charge in [0.05, 0.1) is 0 Å². The first-order valence-corrected chi connectivity index (χ1v) is 12.4. The lowest BCUT2D eigenvalue weighted by atomic mass is 9.77. The minimum absolute atomic E-state index is 0.0595. The summed E-state index contributed by atoms with van der Waals surface area (Å²) in [5.74, 6) is -0.353. The van der Waals surface area contributed by atoms with E-state index >= 15 is 0 Å². The predicted molar refractivity (Wildman–Crippen MR) is 144 cm³/mol. The van der Waals surface area contributed by atoms with Crippen molar-refractivity contribution >= 4 is 17.2 Å². The van der Waals surface area contributed by atoms with Crippen LogP contribution in [0, 0.1) is 5.95 Å². The number of rotatable bonds is 4. The van der Waals surface area contributed by atoms with Gasteiger partial charge in [-0.1, -0.05) is 51.6 Å². The highest BCUT2D eigenvalue weighted by molar-refractivity contribution is 5.82. The summed E-state index contributed by atoms with van der Waals surface area (Å²) in [5, 5.41) is 3.38. The molecule has 1 saturated heterocycles. The number of piperazine rings is 1. The second kappa shape index (κ2) is 9.00. The van der Waals surface area contributed by atoms with E-state index in [1.165, 1.54) is 11.3 Å². The van der Waals surface area contributed by atoms with Gasteiger partial charge >= 0.3 is 0 Å². The maximum Gasteiger partial charge on any atom is 0.222 e. The minimum atomic E-state index is -0.550. The molecule has 1 aromatic heterocycles. The van der Waals surface area contributed by atoms with E-state index in [2.05, 4.69) is 71.7 Å². The number of nitrogens with two attached hydrogens (primary N) is 1. The molecule has 0 aliphatic carbocycles. The van der Waals surface area contributed by atoms with Crippen molar-refractivity contribution in [2.45, 2.75) is 26.2 Å². The van der Waals surface area contributed by atoms with Crippen molar-refractivity contribution in [3.05, 3.63) is 72.2 Å². The van der Waals surface area contributed by atoms with E-state index in [9.17, 15) is 4.39 Å². The van der Waals surface area contributed by atoms with E-state index in [4.69, 9.17) is 5.73 Å². The number of anilines is 2. The number of nitrogens with zero attached hydrogens (tertiary/aromatic N) is 3. The Bertz CT molecular complexity index is 1260. The maximum atomic E-state index is 15.0. The number of aromatic nitrogens is 1. The van der Waals surface area contributed by atoms with Crippen molar-refractivity contribution in [3.8, 4) is 22.3 Å². The fourth-order valence-corrected chi connectivity index (χ4v) is 5.16. The van der Waals surface area contributed by atoms with Crippen molar-refractivity contribution in [2.24, 2.45) is 0 Å². The number of fused-ring (bicyclic) bond motifs is 1. The van der Waals surface area contributed by atoms with Crippen molar-refractivity contribution in [3.63, 3.8) is 0 Å². The monoisotopic (exact) mass is 471 g/mol. The van der Waals surface area contributed by atoms with Crippen LogP contribution in [0.2, 0.25) is 0 Å². The van der Waals surface area contributed by atoms with Gasteiger partial charge in [0.25, 0.3) is 0 Å². The van der Waals surface area contributed by atoms with Gasteiger partial charge in [0.2, 0.25) is 5.95 Å². The molecule has 182 valence electrons. The van der Waals surface area contributed by atoms with Crippen molar-refractivity contribution in [2.75, 3.05) is 49.9 Å². The second-order valence-electron chi connectivity index (χ2n) is 10.2. The van der Waals surface area contributed by atoms with E-state index in [1.807, 2.05) is 24.3 Å². The summed E-state index contributed by atoms with van der Waals surface area (Å²) in [7, 11) is 0. The summed E-state index contributed by atoms with van der Waals surface area (Å²) in [6, 6.07) is 16.2. The molecule has 6 heteroatoms. The molecular weight excluding hydrogens is 437 g/mol. The Kier molecular flexibility index (Phi) is 6.01. The Morgan fingerprint density at radius 2 is 1.66 bits per heavy atom. The van der Waals surface area contributed by atoms with Crippen LogP contribution < -0.4 is 16.0 Å². The van der Waals surface area contributed by atoms with Crippen LogP contribution >= 0.6 is 0 Å². The lowest BCUT2D eigenvalue weighted by Crippen LogP contribution is -2.46. The molecule has 0 saturated carbocycles. The smallest absolute Gasteiger partial charge is 0.222 e. The van der Waals surface area contributed by atoms with Gasteiger partial charge in [0, 0.05) is 66.2 Å². The Hall–Kier alpha value is -3.38. The van der Waals surface area contributed by atoms with Crippen LogP contribution in [0.25, 0.3) is 28.0 Å². The van der Waals surface area contributed by atoms with E-state index in [1.54, 1.807) is 0 Å². The van der Waals surface area contributed by atoms with Gasteiger partial charge in [0.15, 0.2) is 0 Å². The molecule has 3 heterocycles. The minimum Gasteiger partial charge on any atom is -0.384 e. The lowest BCUT2D eigenvalue weighted by Gasteiger charge is -2.35. The third-order valence-corrected chi connectivity index (χ3v) is 7.50. The van der Waals surface area contributed by atoms with Crippen LogP contribution in [0.1, 0.15) is 31.9 Å². The van der Waals surface area contributed by atoms with Gasteiger partial charge in [-0.3, -0.25) is 0 Å². The van der Waals surface area contributed by atoms with Crippen LogP contribution in [0.3, 0.4) is 0 Å². The van der Waals surface area contributed by atoms with Crippen LogP contribution in [0.4, 0.5) is 15.9 Å². The molecule has 2 aliphatic heterocycles. The highest BCUT2D eigenvalue weighted by atomic mass is 19.1. The van der Waals surface area contributed by atoms with E-state index in [-0.39, 0.29) is 11.2 Å². The molecule has 2 aromatic carbocycles. The van der Waals surface area contributed by atoms with E-state index in [0.29, 0.717) is 5.56 Å². The van der Waals surface area contributed by atoms with Crippen LogP contribution in [0.15, 0.2) is 55.1 Å². The van der Waals surface area contributed by atoms with Gasteiger partial charge in [-0.2, -0.15) is 4.39 Å². The molecule has 35 heavy (non-hydrogen) atoms. The molecule has 5 nitrogen and oxygen atoms in total. The Morgan fingerprint density at radius 1 is 0.971 bits per heavy atom. The first-order chi connectivity index (χ1) is 16.8. The highest BCUT2D eigenvalue weighted by Gasteiger charge is 2.29. The molecule has 0 bridgehead atoms. The van der Waals surface area contributed by atoms with Gasteiger partial charge in [0.1, 0.15) is 5.82 Å². The van der Waals surface area contributed by atoms with Gasteiger partial charge in [-0.05, 0) is 47.5 Å². The number of hydrogen-bond acceptors (Lipinski definition) is 5. The topological polar surface area (TPSA) is 57.4 Å². The molecule has 0 radical (unpaired) electrons. The van der Waals surface area contributed by atoms with Crippen LogP contribution in [-0.4, -0.2) is 49.2 Å². The molecule has 0 unspecified atom stereocenters. The Balaban J connectivity index is 1.47. The average Bonchev–Trinajstić information content (AvgIpc) is 2.87. The first-order valence-electron chi connectivity index (χ1n) is 12.4. The maximum absolute atomic E-state index is 15.0. The molecule has 3 N–H and O–H groups in total. The zero-order chi connectivity index (χ0) is 24.7.